The lowest BCUT2D eigenvalue weighted by Crippen LogP contribution is -2.64. The van der Waals surface area contributed by atoms with Crippen LogP contribution in [0.3, 0.4) is 0 Å². The highest BCUT2D eigenvalue weighted by Crippen LogP contribution is 2.55. The lowest BCUT2D eigenvalue weighted by atomic mass is 9.53. The minimum atomic E-state index is -0.698. The number of benzene rings is 1. The van der Waals surface area contributed by atoms with Gasteiger partial charge in [-0.2, -0.15) is 0 Å². The van der Waals surface area contributed by atoms with Gasteiger partial charge in [-0.3, -0.25) is 4.79 Å². The van der Waals surface area contributed by atoms with E-state index in [0.717, 1.165) is 53.5 Å². The summed E-state index contributed by atoms with van der Waals surface area (Å²) < 4.78 is 0. The second-order valence-electron chi connectivity index (χ2n) is 13.3. The molecule has 5 fully saturated rings. The van der Waals surface area contributed by atoms with Gasteiger partial charge in [-0.1, -0.05) is 18.2 Å². The van der Waals surface area contributed by atoms with Crippen LogP contribution in [0.1, 0.15) is 64.9 Å². The third-order valence-corrected chi connectivity index (χ3v) is 9.73. The van der Waals surface area contributed by atoms with Gasteiger partial charge in [0.25, 0.3) is 0 Å². The van der Waals surface area contributed by atoms with E-state index >= 15 is 0 Å². The number of H-pyrrole nitrogens is 1. The number of fused-ring (bicyclic) bond motifs is 1. The van der Waals surface area contributed by atoms with Crippen molar-refractivity contribution in [2.45, 2.75) is 89.4 Å². The van der Waals surface area contributed by atoms with E-state index in [1.165, 1.54) is 19.3 Å². The Morgan fingerprint density at radius 1 is 1.00 bits per heavy atom. The number of piperazine rings is 1. The number of aromatic amines is 1. The standard InChI is InChI=1S/C31H44N6O3/c1-19(2)33-30(40)37-9-8-36(18-20(37)3)28(38)27(13-24-17-32-26-7-5-4-6-25(24)26)34-29(39)35-31-14-21-10-22(15-31)12-23(11-21)16-31/h4-7,17,19-23,27,32H,8-16,18H2,1-3H3,(H,33,40)(H2,34,35,39)/t20-,21?,22?,23?,27+,31?/m1/s1. The van der Waals surface area contributed by atoms with Crippen molar-refractivity contribution < 1.29 is 14.4 Å². The maximum Gasteiger partial charge on any atom is 0.317 e. The molecule has 0 radical (unpaired) electrons. The number of nitrogens with zero attached hydrogens (tertiary/aromatic N) is 2. The highest BCUT2D eigenvalue weighted by Gasteiger charge is 2.51. The van der Waals surface area contributed by atoms with Gasteiger partial charge >= 0.3 is 12.1 Å². The number of hydrogen-bond donors (Lipinski definition) is 4. The largest absolute Gasteiger partial charge is 0.361 e. The number of urea groups is 2. The summed E-state index contributed by atoms with van der Waals surface area (Å²) in [4.78, 5) is 47.1. The number of aromatic nitrogens is 1. The molecule has 5 amide bonds. The summed E-state index contributed by atoms with van der Waals surface area (Å²) in [7, 11) is 0. The molecular weight excluding hydrogens is 504 g/mol. The second kappa shape index (κ2) is 10.6. The quantitative estimate of drug-likeness (QED) is 0.438. The fraction of sp³-hybridized carbons (Fsp3) is 0.645. The molecule has 7 rings (SSSR count). The molecule has 0 spiro atoms. The zero-order chi connectivity index (χ0) is 28.0. The van der Waals surface area contributed by atoms with E-state index in [1.54, 1.807) is 4.90 Å². The molecule has 0 unspecified atom stereocenters. The number of hydrogen-bond acceptors (Lipinski definition) is 3. The Morgan fingerprint density at radius 3 is 2.33 bits per heavy atom. The molecule has 1 aromatic carbocycles. The van der Waals surface area contributed by atoms with Gasteiger partial charge in [0.05, 0.1) is 0 Å². The van der Waals surface area contributed by atoms with Crippen LogP contribution >= 0.6 is 0 Å². The van der Waals surface area contributed by atoms with Crippen LogP contribution < -0.4 is 16.0 Å². The van der Waals surface area contributed by atoms with Gasteiger partial charge in [0.1, 0.15) is 6.04 Å². The number of carbonyl (C=O) groups excluding carboxylic acids is 3. The maximum atomic E-state index is 14.0. The van der Waals surface area contributed by atoms with Crippen LogP contribution in [-0.2, 0) is 11.2 Å². The molecule has 40 heavy (non-hydrogen) atoms. The van der Waals surface area contributed by atoms with Gasteiger partial charge in [-0.05, 0) is 88.7 Å². The Bertz CT molecular complexity index is 1240. The minimum absolute atomic E-state index is 0.0524. The fourth-order valence-corrected chi connectivity index (χ4v) is 8.43. The van der Waals surface area contributed by atoms with E-state index in [-0.39, 0.29) is 35.6 Å². The van der Waals surface area contributed by atoms with Gasteiger partial charge in [-0.25, -0.2) is 9.59 Å². The van der Waals surface area contributed by atoms with Crippen molar-refractivity contribution >= 4 is 28.9 Å². The van der Waals surface area contributed by atoms with Crippen LogP contribution in [0.25, 0.3) is 10.9 Å². The van der Waals surface area contributed by atoms with E-state index < -0.39 is 6.04 Å². The Balaban J connectivity index is 1.18. The zero-order valence-corrected chi connectivity index (χ0v) is 24.0. The molecule has 1 aliphatic heterocycles. The Kier molecular flexibility index (Phi) is 7.17. The van der Waals surface area contributed by atoms with Crippen molar-refractivity contribution in [3.05, 3.63) is 36.0 Å². The molecule has 1 aromatic heterocycles. The smallest absolute Gasteiger partial charge is 0.317 e. The lowest BCUT2D eigenvalue weighted by Gasteiger charge is -2.56. The van der Waals surface area contributed by atoms with E-state index in [0.29, 0.717) is 26.1 Å². The number of rotatable bonds is 6. The van der Waals surface area contributed by atoms with Crippen LogP contribution in [0, 0.1) is 17.8 Å². The second-order valence-corrected chi connectivity index (χ2v) is 13.3. The van der Waals surface area contributed by atoms with Crippen LogP contribution in [0.15, 0.2) is 30.5 Å². The topological polar surface area (TPSA) is 110 Å². The first kappa shape index (κ1) is 27.0. The third-order valence-electron chi connectivity index (χ3n) is 9.73. The van der Waals surface area contributed by atoms with Crippen molar-refractivity contribution in [1.29, 1.82) is 0 Å². The minimum Gasteiger partial charge on any atom is -0.361 e. The van der Waals surface area contributed by atoms with Gasteiger partial charge in [0.2, 0.25) is 5.91 Å². The molecule has 2 aromatic rings. The highest BCUT2D eigenvalue weighted by atomic mass is 16.2. The van der Waals surface area contributed by atoms with E-state index in [4.69, 9.17) is 0 Å². The van der Waals surface area contributed by atoms with Gasteiger partial charge < -0.3 is 30.7 Å². The molecule has 4 saturated carbocycles. The van der Waals surface area contributed by atoms with E-state index in [1.807, 2.05) is 56.1 Å². The van der Waals surface area contributed by atoms with Gasteiger partial charge in [0, 0.05) is 60.8 Å². The SMILES string of the molecule is CC(C)NC(=O)N1CCN(C(=O)[C@H](Cc2c[nH]c3ccccc23)NC(=O)NC23CC4CC(CC(C4)C2)C3)C[C@H]1C. The Hall–Kier alpha value is -3.23. The number of carbonyl (C=O) groups is 3. The number of amides is 5. The molecule has 2 atom stereocenters. The molecule has 2 heterocycles. The fourth-order valence-electron chi connectivity index (χ4n) is 8.43. The number of nitrogens with one attached hydrogen (secondary N) is 4. The predicted molar refractivity (Wildman–Crippen MR) is 155 cm³/mol. The average Bonchev–Trinajstić information content (AvgIpc) is 3.29. The van der Waals surface area contributed by atoms with Crippen molar-refractivity contribution in [1.82, 2.24) is 30.7 Å². The number of para-hydroxylation sites is 1. The molecule has 216 valence electrons. The third kappa shape index (κ3) is 5.39. The normalized spacial score (nSPS) is 30.0. The molecule has 9 nitrogen and oxygen atoms in total. The summed E-state index contributed by atoms with van der Waals surface area (Å²) in [6.45, 7) is 7.20. The van der Waals surface area contributed by atoms with Crippen molar-refractivity contribution in [3.63, 3.8) is 0 Å². The zero-order valence-electron chi connectivity index (χ0n) is 24.0. The van der Waals surface area contributed by atoms with E-state index in [2.05, 4.69) is 20.9 Å². The van der Waals surface area contributed by atoms with E-state index in [9.17, 15) is 14.4 Å². The average molecular weight is 549 g/mol. The first-order valence-electron chi connectivity index (χ1n) is 15.2. The molecule has 1 saturated heterocycles. The predicted octanol–water partition coefficient (Wildman–Crippen LogP) is 4.00. The summed E-state index contributed by atoms with van der Waals surface area (Å²) in [6, 6.07) is 6.95. The maximum absolute atomic E-state index is 14.0. The van der Waals surface area contributed by atoms with Crippen LogP contribution in [0.5, 0.6) is 0 Å². The monoisotopic (exact) mass is 548 g/mol. The molecule has 9 heteroatoms. The van der Waals surface area contributed by atoms with Gasteiger partial charge in [0.15, 0.2) is 0 Å². The Labute approximate surface area is 236 Å². The van der Waals surface area contributed by atoms with Gasteiger partial charge in [-0.15, -0.1) is 0 Å². The summed E-state index contributed by atoms with van der Waals surface area (Å²) in [6.07, 6.45) is 9.46. The summed E-state index contributed by atoms with van der Waals surface area (Å²) in [5.74, 6) is 2.07. The van der Waals surface area contributed by atoms with Crippen LogP contribution in [0.4, 0.5) is 9.59 Å². The molecule has 4 N–H and O–H groups in total. The molecule has 4 aliphatic carbocycles. The lowest BCUT2D eigenvalue weighted by molar-refractivity contribution is -0.135. The van der Waals surface area contributed by atoms with Crippen molar-refractivity contribution in [3.8, 4) is 0 Å². The Morgan fingerprint density at radius 2 is 1.68 bits per heavy atom. The van der Waals surface area contributed by atoms with Crippen LogP contribution in [0.2, 0.25) is 0 Å². The summed E-state index contributed by atoms with van der Waals surface area (Å²) >= 11 is 0. The first-order valence-corrected chi connectivity index (χ1v) is 15.2. The van der Waals surface area contributed by atoms with Crippen molar-refractivity contribution in [2.24, 2.45) is 17.8 Å². The van der Waals surface area contributed by atoms with Crippen molar-refractivity contribution in [2.75, 3.05) is 19.6 Å². The first-order chi connectivity index (χ1) is 19.2. The van der Waals surface area contributed by atoms with Crippen LogP contribution in [-0.4, -0.2) is 76.1 Å². The summed E-state index contributed by atoms with van der Waals surface area (Å²) in [5.41, 5.74) is 1.89. The highest BCUT2D eigenvalue weighted by molar-refractivity contribution is 5.89. The molecule has 4 bridgehead atoms. The molecule has 5 aliphatic rings. The summed E-state index contributed by atoms with van der Waals surface area (Å²) in [5, 5.41) is 10.5. The molecular formula is C31H44N6O3.